The van der Waals surface area contributed by atoms with Crippen LogP contribution < -0.4 is 0 Å². The van der Waals surface area contributed by atoms with Crippen molar-refractivity contribution in [1.29, 1.82) is 0 Å². The van der Waals surface area contributed by atoms with E-state index in [-0.39, 0.29) is 17.3 Å². The lowest BCUT2D eigenvalue weighted by Gasteiger charge is -2.08. The maximum Gasteiger partial charge on any atom is 0.250 e. The minimum Gasteiger partial charge on any atom is -0.293 e. The summed E-state index contributed by atoms with van der Waals surface area (Å²) in [6, 6.07) is 1.46. The Kier molecular flexibility index (Phi) is 3.11. The van der Waals surface area contributed by atoms with Gasteiger partial charge in [-0.3, -0.25) is 4.79 Å². The standard InChI is InChI=1S/C7H5Cl3N2O/c1-4(13)5-2-3-11-6(12-5)7(8,9)10/h2-3H,1H3. The predicted octanol–water partition coefficient (Wildman–Crippen LogP) is 2.51. The van der Waals surface area contributed by atoms with E-state index in [1.165, 1.54) is 19.2 Å². The number of nitrogens with zero attached hydrogens (tertiary/aromatic N) is 2. The number of halogens is 3. The molecule has 1 heterocycles. The van der Waals surface area contributed by atoms with Gasteiger partial charge in [0.25, 0.3) is 0 Å². The molecule has 1 aromatic heterocycles. The second-order valence-electron chi connectivity index (χ2n) is 2.32. The van der Waals surface area contributed by atoms with Crippen molar-refractivity contribution in [3.8, 4) is 0 Å². The van der Waals surface area contributed by atoms with E-state index in [2.05, 4.69) is 9.97 Å². The molecule has 0 fully saturated rings. The molecule has 70 valence electrons. The third-order valence-electron chi connectivity index (χ3n) is 1.27. The van der Waals surface area contributed by atoms with Crippen molar-refractivity contribution in [3.05, 3.63) is 23.8 Å². The van der Waals surface area contributed by atoms with Crippen molar-refractivity contribution < 1.29 is 4.79 Å². The number of rotatable bonds is 1. The first kappa shape index (κ1) is 10.7. The van der Waals surface area contributed by atoms with Gasteiger partial charge < -0.3 is 0 Å². The Hall–Kier alpha value is -0.380. The molecule has 0 aliphatic carbocycles. The monoisotopic (exact) mass is 238 g/mol. The maximum atomic E-state index is 10.9. The molecule has 0 spiro atoms. The molecule has 3 nitrogen and oxygen atoms in total. The van der Waals surface area contributed by atoms with Gasteiger partial charge in [-0.2, -0.15) is 0 Å². The van der Waals surface area contributed by atoms with E-state index in [1.807, 2.05) is 0 Å². The van der Waals surface area contributed by atoms with Gasteiger partial charge in [-0.15, -0.1) is 0 Å². The van der Waals surface area contributed by atoms with E-state index in [4.69, 9.17) is 34.8 Å². The first-order valence-corrected chi connectivity index (χ1v) is 4.46. The van der Waals surface area contributed by atoms with Gasteiger partial charge in [0.15, 0.2) is 11.6 Å². The van der Waals surface area contributed by atoms with Crippen molar-refractivity contribution in [2.75, 3.05) is 0 Å². The van der Waals surface area contributed by atoms with Crippen LogP contribution in [0.2, 0.25) is 0 Å². The first-order chi connectivity index (χ1) is 5.91. The molecule has 1 rings (SSSR count). The number of alkyl halides is 3. The topological polar surface area (TPSA) is 42.9 Å². The summed E-state index contributed by atoms with van der Waals surface area (Å²) in [5.74, 6) is -0.192. The minimum absolute atomic E-state index is 0.00481. The zero-order valence-electron chi connectivity index (χ0n) is 6.59. The van der Waals surface area contributed by atoms with E-state index in [0.29, 0.717) is 0 Å². The second kappa shape index (κ2) is 3.78. The molecule has 0 aliphatic heterocycles. The van der Waals surface area contributed by atoms with Crippen LogP contribution in [0.3, 0.4) is 0 Å². The molecule has 13 heavy (non-hydrogen) atoms. The van der Waals surface area contributed by atoms with Crippen LogP contribution in [0, 0.1) is 0 Å². The van der Waals surface area contributed by atoms with Crippen LogP contribution in [0.4, 0.5) is 0 Å². The Balaban J connectivity index is 3.13. The van der Waals surface area contributed by atoms with Crippen LogP contribution in [0.1, 0.15) is 23.2 Å². The van der Waals surface area contributed by atoms with Crippen LogP contribution in [-0.2, 0) is 3.79 Å². The molecule has 1 aromatic rings. The zero-order chi connectivity index (χ0) is 10.1. The molecule has 0 aliphatic rings. The number of ketones is 1. The van der Waals surface area contributed by atoms with Gasteiger partial charge in [0.1, 0.15) is 5.69 Å². The number of aromatic nitrogens is 2. The molecule has 0 aromatic carbocycles. The van der Waals surface area contributed by atoms with Crippen LogP contribution in [-0.4, -0.2) is 15.8 Å². The van der Waals surface area contributed by atoms with Gasteiger partial charge in [-0.05, 0) is 6.07 Å². The fraction of sp³-hybridized carbons (Fsp3) is 0.286. The van der Waals surface area contributed by atoms with E-state index in [0.717, 1.165) is 0 Å². The second-order valence-corrected chi connectivity index (χ2v) is 4.60. The Labute approximate surface area is 90.0 Å². The fourth-order valence-electron chi connectivity index (χ4n) is 0.691. The molecule has 0 N–H and O–H groups in total. The normalized spacial score (nSPS) is 11.4. The van der Waals surface area contributed by atoms with E-state index < -0.39 is 3.79 Å². The van der Waals surface area contributed by atoms with Crippen LogP contribution in [0.5, 0.6) is 0 Å². The fourth-order valence-corrected chi connectivity index (χ4v) is 0.965. The highest BCUT2D eigenvalue weighted by atomic mass is 35.6. The van der Waals surface area contributed by atoms with Crippen molar-refractivity contribution in [1.82, 2.24) is 9.97 Å². The van der Waals surface area contributed by atoms with Gasteiger partial charge in [0, 0.05) is 13.1 Å². The third-order valence-corrected chi connectivity index (χ3v) is 1.78. The first-order valence-electron chi connectivity index (χ1n) is 3.32. The highest BCUT2D eigenvalue weighted by Crippen LogP contribution is 2.35. The van der Waals surface area contributed by atoms with Gasteiger partial charge in [0.05, 0.1) is 0 Å². The molecule has 6 heteroatoms. The average molecular weight is 239 g/mol. The number of hydrogen-bond acceptors (Lipinski definition) is 3. The Morgan fingerprint density at radius 3 is 2.54 bits per heavy atom. The lowest BCUT2D eigenvalue weighted by Crippen LogP contribution is -2.10. The van der Waals surface area contributed by atoms with Gasteiger partial charge in [-0.25, -0.2) is 9.97 Å². The molecule has 0 amide bonds. The predicted molar refractivity (Wildman–Crippen MR) is 51.3 cm³/mol. The number of hydrogen-bond donors (Lipinski definition) is 0. The van der Waals surface area contributed by atoms with E-state index in [1.54, 1.807) is 0 Å². The molecular weight excluding hydrogens is 234 g/mol. The molecule has 0 atom stereocenters. The summed E-state index contributed by atoms with van der Waals surface area (Å²) in [5.41, 5.74) is 0.233. The Morgan fingerprint density at radius 1 is 1.46 bits per heavy atom. The van der Waals surface area contributed by atoms with Crippen LogP contribution in [0.25, 0.3) is 0 Å². The lowest BCUT2D eigenvalue weighted by molar-refractivity contribution is 0.101. The molecule has 0 saturated carbocycles. The summed E-state index contributed by atoms with van der Waals surface area (Å²) >= 11 is 16.6. The van der Waals surface area contributed by atoms with Crippen molar-refractivity contribution in [2.45, 2.75) is 10.7 Å². The summed E-state index contributed by atoms with van der Waals surface area (Å²) in [5, 5.41) is 0. The summed E-state index contributed by atoms with van der Waals surface area (Å²) in [6.07, 6.45) is 1.38. The smallest absolute Gasteiger partial charge is 0.250 e. The van der Waals surface area contributed by atoms with Crippen molar-refractivity contribution >= 4 is 40.6 Å². The maximum absolute atomic E-state index is 10.9. The lowest BCUT2D eigenvalue weighted by atomic mass is 10.3. The molecule has 0 unspecified atom stereocenters. The third kappa shape index (κ3) is 2.79. The number of carbonyl (C=O) groups excluding carboxylic acids is 1. The summed E-state index contributed by atoms with van der Waals surface area (Å²) in [7, 11) is 0. The number of carbonyl (C=O) groups is 1. The molecule has 0 radical (unpaired) electrons. The minimum atomic E-state index is -1.69. The summed E-state index contributed by atoms with van der Waals surface area (Å²) in [6.45, 7) is 1.38. The molecular formula is C7H5Cl3N2O. The summed E-state index contributed by atoms with van der Waals surface area (Å²) in [4.78, 5) is 18.4. The van der Waals surface area contributed by atoms with Crippen LogP contribution in [0.15, 0.2) is 12.3 Å². The summed E-state index contributed by atoms with van der Waals surface area (Å²) < 4.78 is -1.69. The Bertz CT molecular complexity index is 335. The number of Topliss-reactive ketones (excluding diaryl/α,β-unsaturated/α-hetero) is 1. The highest BCUT2D eigenvalue weighted by Gasteiger charge is 2.26. The molecule has 0 bridgehead atoms. The van der Waals surface area contributed by atoms with Crippen LogP contribution >= 0.6 is 34.8 Å². The Morgan fingerprint density at radius 2 is 2.08 bits per heavy atom. The van der Waals surface area contributed by atoms with E-state index in [9.17, 15) is 4.79 Å². The average Bonchev–Trinajstić information content (AvgIpc) is 2.03. The van der Waals surface area contributed by atoms with Gasteiger partial charge in [-0.1, -0.05) is 34.8 Å². The SMILES string of the molecule is CC(=O)c1ccnc(C(Cl)(Cl)Cl)n1. The molecule has 0 saturated heterocycles. The van der Waals surface area contributed by atoms with Crippen molar-refractivity contribution in [2.24, 2.45) is 0 Å². The van der Waals surface area contributed by atoms with Gasteiger partial charge >= 0.3 is 0 Å². The quantitative estimate of drug-likeness (QED) is 0.559. The highest BCUT2D eigenvalue weighted by molar-refractivity contribution is 6.66. The van der Waals surface area contributed by atoms with E-state index >= 15 is 0 Å². The van der Waals surface area contributed by atoms with Gasteiger partial charge in [0.2, 0.25) is 3.79 Å². The largest absolute Gasteiger partial charge is 0.293 e. The zero-order valence-corrected chi connectivity index (χ0v) is 8.86. The van der Waals surface area contributed by atoms with Crippen molar-refractivity contribution in [3.63, 3.8) is 0 Å².